The van der Waals surface area contributed by atoms with Gasteiger partial charge in [-0.25, -0.2) is 4.39 Å². The largest absolute Gasteiger partial charge is 0.329 e. The quantitative estimate of drug-likeness (QED) is 0.935. The van der Waals surface area contributed by atoms with Gasteiger partial charge >= 0.3 is 0 Å². The van der Waals surface area contributed by atoms with E-state index in [-0.39, 0.29) is 23.8 Å². The molecule has 1 unspecified atom stereocenters. The zero-order valence-electron chi connectivity index (χ0n) is 13.6. The number of carbonyl (C=O) groups is 1. The third-order valence-electron chi connectivity index (χ3n) is 4.82. The molecule has 0 spiro atoms. The molecule has 2 aliphatic rings. The first-order valence-corrected chi connectivity index (χ1v) is 8.34. The molecule has 4 rings (SSSR count). The molecular formula is C17H20FN5O. The summed E-state index contributed by atoms with van der Waals surface area (Å²) >= 11 is 0. The highest BCUT2D eigenvalue weighted by Crippen LogP contribution is 2.29. The molecule has 0 aliphatic carbocycles. The van der Waals surface area contributed by atoms with Crippen molar-refractivity contribution >= 4 is 5.91 Å². The number of amides is 1. The molecule has 1 aromatic heterocycles. The van der Waals surface area contributed by atoms with Crippen molar-refractivity contribution in [2.24, 2.45) is 0 Å². The van der Waals surface area contributed by atoms with Crippen molar-refractivity contribution in [2.45, 2.75) is 44.9 Å². The number of fused-ring (bicyclic) bond motifs is 1. The molecule has 2 aromatic rings. The number of carbonyl (C=O) groups excluding carboxylic acids is 1. The van der Waals surface area contributed by atoms with Crippen LogP contribution in [0.1, 0.15) is 49.1 Å². The Labute approximate surface area is 139 Å². The van der Waals surface area contributed by atoms with E-state index < -0.39 is 0 Å². The minimum absolute atomic E-state index is 0.0193. The molecule has 1 N–H and O–H groups in total. The maximum atomic E-state index is 13.4. The normalized spacial score (nSPS) is 23.6. The highest BCUT2D eigenvalue weighted by Gasteiger charge is 2.35. The molecule has 7 heteroatoms. The smallest absolute Gasteiger partial charge is 0.246 e. The van der Waals surface area contributed by atoms with Crippen molar-refractivity contribution in [1.82, 2.24) is 25.0 Å². The lowest BCUT2D eigenvalue weighted by Crippen LogP contribution is -2.42. The lowest BCUT2D eigenvalue weighted by atomic mass is 10.1. The summed E-state index contributed by atoms with van der Waals surface area (Å²) in [6.07, 6.45) is 2.13. The predicted octanol–water partition coefficient (Wildman–Crippen LogP) is 1.95. The number of nitrogens with zero attached hydrogens (tertiary/aromatic N) is 4. The number of benzene rings is 1. The van der Waals surface area contributed by atoms with Crippen LogP contribution in [0.4, 0.5) is 4.39 Å². The standard InChI is InChI=1S/C17H20FN5O/c1-11-17(24)22(9-12-4-2-5-13(18)8-12)10-15-20-21-16(23(11)15)14-6-3-7-19-14/h2,4-5,8,11,14,19H,3,6-7,9-10H2,1H3/t11-,14?/m0/s1. The summed E-state index contributed by atoms with van der Waals surface area (Å²) in [4.78, 5) is 14.5. The van der Waals surface area contributed by atoms with Crippen LogP contribution >= 0.6 is 0 Å². The van der Waals surface area contributed by atoms with Gasteiger partial charge in [0.05, 0.1) is 12.6 Å². The van der Waals surface area contributed by atoms with Gasteiger partial charge in [0.1, 0.15) is 11.9 Å². The van der Waals surface area contributed by atoms with Crippen LogP contribution in [0.2, 0.25) is 0 Å². The second kappa shape index (κ2) is 5.98. The van der Waals surface area contributed by atoms with Crippen LogP contribution in [-0.4, -0.2) is 32.1 Å². The number of rotatable bonds is 3. The van der Waals surface area contributed by atoms with Crippen molar-refractivity contribution in [1.29, 1.82) is 0 Å². The van der Waals surface area contributed by atoms with E-state index in [1.807, 2.05) is 17.6 Å². The van der Waals surface area contributed by atoms with Gasteiger partial charge in [0.2, 0.25) is 5.91 Å². The fourth-order valence-corrected chi connectivity index (χ4v) is 3.62. The summed E-state index contributed by atoms with van der Waals surface area (Å²) in [5.41, 5.74) is 0.779. The van der Waals surface area contributed by atoms with E-state index >= 15 is 0 Å². The van der Waals surface area contributed by atoms with Gasteiger partial charge in [0.15, 0.2) is 11.6 Å². The molecule has 6 nitrogen and oxygen atoms in total. The first-order chi connectivity index (χ1) is 11.6. The molecule has 0 radical (unpaired) electrons. The zero-order chi connectivity index (χ0) is 16.7. The molecular weight excluding hydrogens is 309 g/mol. The van der Waals surface area contributed by atoms with Crippen LogP contribution in [0.15, 0.2) is 24.3 Å². The molecule has 24 heavy (non-hydrogen) atoms. The van der Waals surface area contributed by atoms with Crippen molar-refractivity contribution in [3.8, 4) is 0 Å². The van der Waals surface area contributed by atoms with Gasteiger partial charge in [0, 0.05) is 6.54 Å². The summed E-state index contributed by atoms with van der Waals surface area (Å²) in [5.74, 6) is 1.38. The number of aromatic nitrogens is 3. The first kappa shape index (κ1) is 15.3. The maximum absolute atomic E-state index is 13.4. The summed E-state index contributed by atoms with van der Waals surface area (Å²) in [6, 6.07) is 6.20. The van der Waals surface area contributed by atoms with E-state index in [0.717, 1.165) is 36.6 Å². The van der Waals surface area contributed by atoms with E-state index in [4.69, 9.17) is 0 Å². The second-order valence-corrected chi connectivity index (χ2v) is 6.49. The molecule has 1 amide bonds. The van der Waals surface area contributed by atoms with E-state index in [9.17, 15) is 9.18 Å². The van der Waals surface area contributed by atoms with Crippen molar-refractivity contribution in [3.63, 3.8) is 0 Å². The molecule has 2 aliphatic heterocycles. The number of hydrogen-bond donors (Lipinski definition) is 1. The highest BCUT2D eigenvalue weighted by atomic mass is 19.1. The molecule has 0 saturated carbocycles. The Bertz CT molecular complexity index is 768. The minimum Gasteiger partial charge on any atom is -0.329 e. The van der Waals surface area contributed by atoms with E-state index in [0.29, 0.717) is 13.1 Å². The second-order valence-electron chi connectivity index (χ2n) is 6.49. The molecule has 2 atom stereocenters. The topological polar surface area (TPSA) is 63.1 Å². The van der Waals surface area contributed by atoms with Crippen LogP contribution in [0.5, 0.6) is 0 Å². The van der Waals surface area contributed by atoms with Crippen molar-refractivity contribution in [2.75, 3.05) is 6.54 Å². The van der Waals surface area contributed by atoms with Gasteiger partial charge in [0.25, 0.3) is 0 Å². The molecule has 0 bridgehead atoms. The Hall–Kier alpha value is -2.28. The van der Waals surface area contributed by atoms with Gasteiger partial charge in [-0.1, -0.05) is 12.1 Å². The van der Waals surface area contributed by atoms with Gasteiger partial charge in [-0.05, 0) is 44.0 Å². The molecule has 126 valence electrons. The molecule has 3 heterocycles. The average Bonchev–Trinajstić information content (AvgIpc) is 3.21. The summed E-state index contributed by atoms with van der Waals surface area (Å²) in [5, 5.41) is 12.0. The Balaban J connectivity index is 1.60. The number of nitrogens with one attached hydrogen (secondary N) is 1. The fourth-order valence-electron chi connectivity index (χ4n) is 3.62. The van der Waals surface area contributed by atoms with Crippen LogP contribution < -0.4 is 5.32 Å². The average molecular weight is 329 g/mol. The Morgan fingerprint density at radius 3 is 3.00 bits per heavy atom. The number of hydrogen-bond acceptors (Lipinski definition) is 4. The van der Waals surface area contributed by atoms with Gasteiger partial charge in [-0.3, -0.25) is 9.36 Å². The highest BCUT2D eigenvalue weighted by molar-refractivity contribution is 5.81. The van der Waals surface area contributed by atoms with Gasteiger partial charge < -0.3 is 10.2 Å². The Kier molecular flexibility index (Phi) is 3.80. The summed E-state index contributed by atoms with van der Waals surface area (Å²) in [6.45, 7) is 3.64. The van der Waals surface area contributed by atoms with E-state index in [1.54, 1.807) is 11.0 Å². The SMILES string of the molecule is C[C@H]1C(=O)N(Cc2cccc(F)c2)Cc2nnc(C3CCCN3)n21. The van der Waals surface area contributed by atoms with Crippen LogP contribution in [-0.2, 0) is 17.9 Å². The van der Waals surface area contributed by atoms with E-state index in [1.165, 1.54) is 12.1 Å². The third kappa shape index (κ3) is 2.58. The lowest BCUT2D eigenvalue weighted by molar-refractivity contribution is -0.137. The minimum atomic E-state index is -0.338. The van der Waals surface area contributed by atoms with Gasteiger partial charge in [-0.2, -0.15) is 0 Å². The van der Waals surface area contributed by atoms with Crippen LogP contribution in [0.25, 0.3) is 0 Å². The Morgan fingerprint density at radius 2 is 2.25 bits per heavy atom. The zero-order valence-corrected chi connectivity index (χ0v) is 13.6. The van der Waals surface area contributed by atoms with Gasteiger partial charge in [-0.15, -0.1) is 10.2 Å². The van der Waals surface area contributed by atoms with Crippen LogP contribution in [0.3, 0.4) is 0 Å². The molecule has 1 fully saturated rings. The summed E-state index contributed by atoms with van der Waals surface area (Å²) in [7, 11) is 0. The third-order valence-corrected chi connectivity index (χ3v) is 4.82. The lowest BCUT2D eigenvalue weighted by Gasteiger charge is -2.32. The van der Waals surface area contributed by atoms with Crippen molar-refractivity contribution < 1.29 is 9.18 Å². The van der Waals surface area contributed by atoms with E-state index in [2.05, 4.69) is 15.5 Å². The molecule has 1 aromatic carbocycles. The van der Waals surface area contributed by atoms with Crippen LogP contribution in [0, 0.1) is 5.82 Å². The fraction of sp³-hybridized carbons (Fsp3) is 0.471. The van der Waals surface area contributed by atoms with Crippen molar-refractivity contribution in [3.05, 3.63) is 47.3 Å². The maximum Gasteiger partial charge on any atom is 0.246 e. The first-order valence-electron chi connectivity index (χ1n) is 8.34. The predicted molar refractivity (Wildman–Crippen MR) is 85.4 cm³/mol. The molecule has 1 saturated heterocycles. The summed E-state index contributed by atoms with van der Waals surface area (Å²) < 4.78 is 15.3. The number of halogens is 1. The Morgan fingerprint density at radius 1 is 1.38 bits per heavy atom. The monoisotopic (exact) mass is 329 g/mol.